The van der Waals surface area contributed by atoms with E-state index >= 15 is 0 Å². The second-order valence-electron chi connectivity index (χ2n) is 20.0. The Morgan fingerprint density at radius 3 is 1.35 bits per heavy atom. The fourth-order valence-electron chi connectivity index (χ4n) is 7.85. The van der Waals surface area contributed by atoms with Crippen molar-refractivity contribution >= 4 is 29.5 Å². The van der Waals surface area contributed by atoms with Gasteiger partial charge in [0, 0.05) is 33.1 Å². The number of aliphatic carboxylic acids is 1. The predicted octanol–water partition coefficient (Wildman–Crippen LogP) is -0.679. The number of carboxylic acid groups (broad SMARTS) is 1. The van der Waals surface area contributed by atoms with Crippen LogP contribution in [0.3, 0.4) is 0 Å². The lowest BCUT2D eigenvalue weighted by molar-refractivity contribution is -0.271. The van der Waals surface area contributed by atoms with Gasteiger partial charge < -0.3 is 126 Å². The van der Waals surface area contributed by atoms with Crippen LogP contribution in [0.25, 0.3) is 0 Å². The summed E-state index contributed by atoms with van der Waals surface area (Å²) in [7, 11) is 0. The average molecular weight is 1330 g/mol. The highest BCUT2D eigenvalue weighted by atomic mass is 16.7. The molecule has 1 fully saturated rings. The molecule has 1 aromatic carbocycles. The van der Waals surface area contributed by atoms with Crippen molar-refractivity contribution in [2.75, 3.05) is 225 Å². The van der Waals surface area contributed by atoms with Crippen molar-refractivity contribution in [3.8, 4) is 5.75 Å². The highest BCUT2D eigenvalue weighted by Crippen LogP contribution is 2.28. The maximum atomic E-state index is 13.6. The number of benzene rings is 1. The molecule has 2 amide bonds. The second kappa shape index (κ2) is 59.2. The molecule has 0 spiro atoms. The van der Waals surface area contributed by atoms with Crippen LogP contribution >= 0.6 is 0 Å². The molecule has 2 rings (SSSR count). The van der Waals surface area contributed by atoms with Crippen molar-refractivity contribution < 1.29 is 139 Å². The first-order chi connectivity index (χ1) is 44.9. The summed E-state index contributed by atoms with van der Waals surface area (Å²) in [4.78, 5) is 67.8. The number of esters is 1. The largest absolute Gasteiger partial charge is 0.479 e. The maximum Gasteiger partial charge on any atom is 0.335 e. The minimum Gasteiger partial charge on any atom is -0.479 e. The number of Topliss-reactive ketones (excluding diaryl/α,β-unsaturated/α-hetero) is 1. The molecule has 534 valence electrons. The predicted molar refractivity (Wildman–Crippen MR) is 323 cm³/mol. The molecule has 1 saturated heterocycles. The van der Waals surface area contributed by atoms with E-state index in [0.717, 1.165) is 6.42 Å². The van der Waals surface area contributed by atoms with Gasteiger partial charge in [-0.1, -0.05) is 13.0 Å². The number of aliphatic hydroxyl groups excluding tert-OH is 3. The molecular weight excluding hydrogens is 1230 g/mol. The van der Waals surface area contributed by atoms with E-state index in [1.807, 2.05) is 6.92 Å². The number of hydrogen-bond donors (Lipinski definition) is 7. The zero-order chi connectivity index (χ0) is 66.8. The molecule has 0 radical (unpaired) electrons. The molecule has 8 N–H and O–H groups in total. The molecule has 1 aliphatic heterocycles. The first-order valence-corrected chi connectivity index (χ1v) is 31.4. The van der Waals surface area contributed by atoms with Crippen molar-refractivity contribution in [2.45, 2.75) is 95.7 Å². The Hall–Kier alpha value is -4.31. The molecule has 1 aliphatic rings. The van der Waals surface area contributed by atoms with Crippen LogP contribution in [0.4, 0.5) is 0 Å². The monoisotopic (exact) mass is 1330 g/mol. The lowest BCUT2D eigenvalue weighted by Crippen LogP contribution is -2.61. The molecule has 6 atom stereocenters. The zero-order valence-corrected chi connectivity index (χ0v) is 53.8. The van der Waals surface area contributed by atoms with E-state index in [1.165, 1.54) is 25.1 Å². The number of aliphatic hydroxyl groups is 3. The molecule has 0 unspecified atom stereocenters. The molecule has 0 aromatic heterocycles. The van der Waals surface area contributed by atoms with Crippen molar-refractivity contribution in [3.05, 3.63) is 29.3 Å². The van der Waals surface area contributed by atoms with Crippen LogP contribution in [0.5, 0.6) is 5.75 Å². The summed E-state index contributed by atoms with van der Waals surface area (Å²) in [5.41, 5.74) is 0.260. The summed E-state index contributed by atoms with van der Waals surface area (Å²) in [5.74, 6) is 1.10. The normalized spacial score (nSPS) is 16.8. The van der Waals surface area contributed by atoms with Gasteiger partial charge in [0.2, 0.25) is 12.2 Å². The number of hydrogen-bond acceptors (Lipinski definition) is 29. The summed E-state index contributed by atoms with van der Waals surface area (Å²) >= 11 is 0. The van der Waals surface area contributed by atoms with Gasteiger partial charge in [-0.15, -0.1) is 0 Å². The first kappa shape index (κ1) is 83.8. The van der Waals surface area contributed by atoms with Gasteiger partial charge in [0.1, 0.15) is 37.3 Å². The maximum absolute atomic E-state index is 13.6. The smallest absolute Gasteiger partial charge is 0.335 e. The van der Waals surface area contributed by atoms with Crippen molar-refractivity contribution in [1.82, 2.24) is 10.6 Å². The number of carboxylic acids is 1. The molecule has 32 heteroatoms. The average Bonchev–Trinajstić information content (AvgIpc) is 0.839. The number of ketones is 1. The van der Waals surface area contributed by atoms with E-state index in [4.69, 9.17) is 95.9 Å². The second-order valence-corrected chi connectivity index (χ2v) is 20.0. The van der Waals surface area contributed by atoms with Gasteiger partial charge in [0.05, 0.1) is 210 Å². The van der Waals surface area contributed by atoms with E-state index < -0.39 is 60.5 Å². The summed E-state index contributed by atoms with van der Waals surface area (Å²) < 4.78 is 104. The Bertz CT molecular complexity index is 1990. The third kappa shape index (κ3) is 45.1. The number of rotatable bonds is 66. The summed E-state index contributed by atoms with van der Waals surface area (Å²) in [6.07, 6.45) is -7.25. The minimum atomic E-state index is -1.97. The third-order valence-electron chi connectivity index (χ3n) is 12.6. The third-order valence-corrected chi connectivity index (χ3v) is 12.6. The number of carbonyl (C=O) groups is 5. The number of nitrogens with two attached hydrogens (primary N) is 1. The molecule has 1 heterocycles. The summed E-state index contributed by atoms with van der Waals surface area (Å²) in [6, 6.07) is 3.24. The number of unbranched alkanes of at least 4 members (excludes halogenated alkanes) is 1. The van der Waals surface area contributed by atoms with Gasteiger partial charge in [-0.25, -0.2) is 10.7 Å². The number of amides is 2. The van der Waals surface area contributed by atoms with Crippen molar-refractivity contribution in [3.63, 3.8) is 0 Å². The van der Waals surface area contributed by atoms with E-state index in [-0.39, 0.29) is 76.1 Å². The highest BCUT2D eigenvalue weighted by molar-refractivity contribution is 5.97. The van der Waals surface area contributed by atoms with Crippen LogP contribution in [-0.4, -0.2) is 311 Å². The Morgan fingerprint density at radius 1 is 0.522 bits per heavy atom. The summed E-state index contributed by atoms with van der Waals surface area (Å²) in [6.45, 7) is 15.8. The van der Waals surface area contributed by atoms with Gasteiger partial charge in [-0.3, -0.25) is 19.2 Å². The minimum absolute atomic E-state index is 0.0812. The Morgan fingerprint density at radius 2 is 0.935 bits per heavy atom. The highest BCUT2D eigenvalue weighted by Gasteiger charge is 2.48. The Kier molecular flexibility index (Phi) is 53.9. The van der Waals surface area contributed by atoms with Crippen LogP contribution in [0.15, 0.2) is 18.2 Å². The topological polar surface area (TPSA) is 401 Å². The Labute approximate surface area is 539 Å². The van der Waals surface area contributed by atoms with E-state index in [1.54, 1.807) is 0 Å². The van der Waals surface area contributed by atoms with Crippen LogP contribution in [0, 0.1) is 0 Å². The van der Waals surface area contributed by atoms with Gasteiger partial charge in [0.15, 0.2) is 11.9 Å². The lowest BCUT2D eigenvalue weighted by atomic mass is 9.99. The number of nitrogens with one attached hydrogen (secondary N) is 2. The molecule has 0 bridgehead atoms. The quantitative estimate of drug-likeness (QED) is 0.0241. The van der Waals surface area contributed by atoms with Crippen molar-refractivity contribution in [1.29, 1.82) is 0 Å². The Balaban J connectivity index is 1.65. The van der Waals surface area contributed by atoms with Gasteiger partial charge in [-0.05, 0) is 49.8 Å². The van der Waals surface area contributed by atoms with Crippen molar-refractivity contribution in [2.24, 2.45) is 5.90 Å². The van der Waals surface area contributed by atoms with E-state index in [0.29, 0.717) is 210 Å². The molecule has 1 aromatic rings. The molecule has 32 nitrogen and oxygen atoms in total. The molecule has 0 saturated carbocycles. The fraction of sp³-hybridized carbons (Fsp3) is 0.817. The van der Waals surface area contributed by atoms with Crippen LogP contribution in [0.1, 0.15) is 68.3 Å². The molecule has 92 heavy (non-hydrogen) atoms. The molecular formula is C60H105N3O29. The van der Waals surface area contributed by atoms with Crippen LogP contribution in [0.2, 0.25) is 0 Å². The van der Waals surface area contributed by atoms with Crippen LogP contribution in [-0.2, 0) is 116 Å². The fourth-order valence-corrected chi connectivity index (χ4v) is 7.85. The lowest BCUT2D eigenvalue weighted by Gasteiger charge is -2.38. The number of carbonyl (C=O) groups excluding carboxylic acids is 4. The standard InChI is InChI=1S/C60H105N3O29/c1-3-12-73-14-16-75-18-20-84-36-37-86-40-41-88-46-53(66)63-50(7-4-5-11-62-58(70)49-44-48(45-89-47(2)64)9-10-52(49)91-60-56(69)54(67)55(68)57(92-60)59(71)72)51(65)8-6-13-74-15-17-76-19-21-77-22-23-78-24-25-79-26-27-80-28-29-81-30-31-82-32-33-83-34-35-85-38-39-87-42-43-90-61/h9-10,44,50,54-57,60,67-69H,3-8,11-43,45-46,61H2,1-2H3,(H,62,70)(H,63,66)(H,71,72)/t50-,54-,55-,56+,57-,60+/m0/s1. The van der Waals surface area contributed by atoms with Gasteiger partial charge in [-0.2, -0.15) is 0 Å². The van der Waals surface area contributed by atoms with Gasteiger partial charge >= 0.3 is 11.9 Å². The number of ether oxygens (including phenoxy) is 19. The summed E-state index contributed by atoms with van der Waals surface area (Å²) in [5, 5.41) is 46.0. The SMILES string of the molecule is CCCOCCOCCOCCOCCOCC(=O)N[C@@H](CCCCNC(=O)c1cc(COC(C)=O)ccc1O[C@@H]1O[C@H](C(=O)O)[C@@H](O)[C@H](O)[C@H]1O)C(=O)CCCOCCOCCOCCOCCOCCOCCOCCOCCOCCOCCOCCON. The molecule has 0 aliphatic carbocycles. The van der Waals surface area contributed by atoms with Gasteiger partial charge in [0.25, 0.3) is 5.91 Å². The zero-order valence-electron chi connectivity index (χ0n) is 53.8. The first-order valence-electron chi connectivity index (χ1n) is 31.4. The van der Waals surface area contributed by atoms with E-state index in [2.05, 4.69) is 15.5 Å². The van der Waals surface area contributed by atoms with E-state index in [9.17, 15) is 44.4 Å². The van der Waals surface area contributed by atoms with Crippen LogP contribution < -0.4 is 21.3 Å².